The molecule has 0 aliphatic carbocycles. The van der Waals surface area contributed by atoms with Crippen LogP contribution in [0.5, 0.6) is 0 Å². The highest BCUT2D eigenvalue weighted by Crippen LogP contribution is 2.27. The molecule has 0 aromatic heterocycles. The molecule has 1 fully saturated rings. The lowest BCUT2D eigenvalue weighted by atomic mass is 10.0. The molecule has 3 nitrogen and oxygen atoms in total. The van der Waals surface area contributed by atoms with E-state index >= 15 is 0 Å². The molecular weight excluding hydrogens is 219 g/mol. The Labute approximate surface area is 101 Å². The largest absolute Gasteiger partial charge is 0.391 e. The minimum Gasteiger partial charge on any atom is -0.391 e. The summed E-state index contributed by atoms with van der Waals surface area (Å²) in [6, 6.07) is 5.14. The number of hydrogen-bond acceptors (Lipinski definition) is 3. The summed E-state index contributed by atoms with van der Waals surface area (Å²) in [4.78, 5) is 1.95. The number of halogens is 1. The molecule has 2 N–H and O–H groups in total. The van der Waals surface area contributed by atoms with Crippen LogP contribution in [-0.2, 0) is 6.54 Å². The first-order chi connectivity index (χ1) is 8.22. The van der Waals surface area contributed by atoms with Gasteiger partial charge in [-0.25, -0.2) is 4.39 Å². The number of piperidine rings is 1. The summed E-state index contributed by atoms with van der Waals surface area (Å²) in [6.07, 6.45) is 1.38. The van der Waals surface area contributed by atoms with Crippen LogP contribution < -0.4 is 10.2 Å². The van der Waals surface area contributed by atoms with Gasteiger partial charge in [-0.2, -0.15) is 0 Å². The Bertz CT molecular complexity index is 384. The Morgan fingerprint density at radius 1 is 1.53 bits per heavy atom. The van der Waals surface area contributed by atoms with Crippen molar-refractivity contribution in [2.45, 2.75) is 25.5 Å². The third-order valence-corrected chi connectivity index (χ3v) is 3.15. The van der Waals surface area contributed by atoms with Gasteiger partial charge in [0.05, 0.1) is 11.8 Å². The number of nitrogens with zero attached hydrogens (tertiary/aromatic N) is 1. The third kappa shape index (κ3) is 2.76. The number of para-hydroxylation sites is 1. The molecule has 1 heterocycles. The number of hydrogen-bond donors (Lipinski definition) is 2. The molecule has 0 spiro atoms. The zero-order chi connectivity index (χ0) is 12.3. The highest BCUT2D eigenvalue weighted by Gasteiger charge is 2.22. The molecule has 17 heavy (non-hydrogen) atoms. The third-order valence-electron chi connectivity index (χ3n) is 3.15. The van der Waals surface area contributed by atoms with Crippen LogP contribution in [0.1, 0.15) is 18.4 Å². The van der Waals surface area contributed by atoms with Crippen LogP contribution in [-0.4, -0.2) is 31.3 Å². The quantitative estimate of drug-likeness (QED) is 0.838. The maximum atomic E-state index is 13.9. The van der Waals surface area contributed by atoms with Gasteiger partial charge in [0, 0.05) is 19.6 Å². The number of benzene rings is 1. The lowest BCUT2D eigenvalue weighted by Crippen LogP contribution is -2.39. The Hall–Kier alpha value is -1.13. The Balaban J connectivity index is 2.28. The fourth-order valence-electron chi connectivity index (χ4n) is 2.41. The first-order valence-electron chi connectivity index (χ1n) is 6.07. The van der Waals surface area contributed by atoms with E-state index in [1.165, 1.54) is 6.07 Å². The molecule has 94 valence electrons. The summed E-state index contributed by atoms with van der Waals surface area (Å²) in [5.41, 5.74) is 1.59. The van der Waals surface area contributed by atoms with Gasteiger partial charge in [-0.3, -0.25) is 0 Å². The predicted octanol–water partition coefficient (Wildman–Crippen LogP) is 1.51. The van der Waals surface area contributed by atoms with Crippen molar-refractivity contribution in [1.82, 2.24) is 5.32 Å². The number of anilines is 1. The van der Waals surface area contributed by atoms with Crippen molar-refractivity contribution in [2.75, 3.05) is 25.0 Å². The molecule has 0 saturated carbocycles. The second-order valence-electron chi connectivity index (χ2n) is 4.52. The van der Waals surface area contributed by atoms with Gasteiger partial charge >= 0.3 is 0 Å². The first-order valence-corrected chi connectivity index (χ1v) is 6.07. The maximum Gasteiger partial charge on any atom is 0.146 e. The van der Waals surface area contributed by atoms with E-state index in [2.05, 4.69) is 5.32 Å². The van der Waals surface area contributed by atoms with Crippen LogP contribution in [0.3, 0.4) is 0 Å². The van der Waals surface area contributed by atoms with Gasteiger partial charge in [0.2, 0.25) is 0 Å². The lowest BCUT2D eigenvalue weighted by molar-refractivity contribution is 0.154. The van der Waals surface area contributed by atoms with Crippen molar-refractivity contribution in [2.24, 2.45) is 0 Å². The van der Waals surface area contributed by atoms with Gasteiger partial charge in [-0.05, 0) is 31.5 Å². The van der Waals surface area contributed by atoms with Crippen molar-refractivity contribution >= 4 is 5.69 Å². The number of nitrogens with one attached hydrogen (secondary N) is 1. The number of β-amino-alcohol motifs (C(OH)–C–C–N with tert-alkyl or cyclic N) is 1. The van der Waals surface area contributed by atoms with Gasteiger partial charge in [0.15, 0.2) is 0 Å². The molecule has 0 bridgehead atoms. The smallest absolute Gasteiger partial charge is 0.146 e. The second kappa shape index (κ2) is 5.47. The first kappa shape index (κ1) is 12.3. The molecule has 1 aliphatic heterocycles. The summed E-state index contributed by atoms with van der Waals surface area (Å²) < 4.78 is 13.9. The van der Waals surface area contributed by atoms with Gasteiger partial charge < -0.3 is 15.3 Å². The molecule has 0 amide bonds. The average molecular weight is 238 g/mol. The molecule has 1 saturated heterocycles. The van der Waals surface area contributed by atoms with Gasteiger partial charge in [-0.15, -0.1) is 0 Å². The Kier molecular flexibility index (Phi) is 3.97. The van der Waals surface area contributed by atoms with Gasteiger partial charge in [-0.1, -0.05) is 12.1 Å². The van der Waals surface area contributed by atoms with Crippen molar-refractivity contribution in [3.8, 4) is 0 Å². The monoisotopic (exact) mass is 238 g/mol. The summed E-state index contributed by atoms with van der Waals surface area (Å²) >= 11 is 0. The van der Waals surface area contributed by atoms with E-state index < -0.39 is 0 Å². The van der Waals surface area contributed by atoms with Crippen LogP contribution in [0.4, 0.5) is 10.1 Å². The maximum absolute atomic E-state index is 13.9. The van der Waals surface area contributed by atoms with E-state index in [0.29, 0.717) is 18.8 Å². The van der Waals surface area contributed by atoms with E-state index in [9.17, 15) is 9.50 Å². The Morgan fingerprint density at radius 2 is 2.35 bits per heavy atom. The van der Waals surface area contributed by atoms with E-state index in [1.807, 2.05) is 18.0 Å². The Morgan fingerprint density at radius 3 is 3.06 bits per heavy atom. The molecule has 2 rings (SSSR count). The van der Waals surface area contributed by atoms with Crippen molar-refractivity contribution in [3.05, 3.63) is 29.6 Å². The topological polar surface area (TPSA) is 35.5 Å². The fourth-order valence-corrected chi connectivity index (χ4v) is 2.41. The van der Waals surface area contributed by atoms with Crippen LogP contribution in [0.25, 0.3) is 0 Å². The van der Waals surface area contributed by atoms with Crippen molar-refractivity contribution < 1.29 is 9.50 Å². The molecule has 1 unspecified atom stereocenters. The van der Waals surface area contributed by atoms with E-state index in [-0.39, 0.29) is 11.9 Å². The SMILES string of the molecule is CNCc1cccc(F)c1N1CCCC(O)C1. The van der Waals surface area contributed by atoms with Crippen LogP contribution in [0.15, 0.2) is 18.2 Å². The van der Waals surface area contributed by atoms with Crippen molar-refractivity contribution in [1.29, 1.82) is 0 Å². The predicted molar refractivity (Wildman–Crippen MR) is 66.6 cm³/mol. The standard InChI is InChI=1S/C13H19FN2O/c1-15-8-10-4-2-6-12(14)13(10)16-7-3-5-11(17)9-16/h2,4,6,11,15,17H,3,5,7-9H2,1H3. The van der Waals surface area contributed by atoms with E-state index in [0.717, 1.165) is 24.9 Å². The molecule has 4 heteroatoms. The van der Waals surface area contributed by atoms with Crippen LogP contribution in [0.2, 0.25) is 0 Å². The fraction of sp³-hybridized carbons (Fsp3) is 0.538. The molecular formula is C13H19FN2O. The number of rotatable bonds is 3. The van der Waals surface area contributed by atoms with Crippen LogP contribution >= 0.6 is 0 Å². The highest BCUT2D eigenvalue weighted by atomic mass is 19.1. The molecule has 1 aliphatic rings. The highest BCUT2D eigenvalue weighted by molar-refractivity contribution is 5.55. The van der Waals surface area contributed by atoms with Crippen LogP contribution in [0, 0.1) is 5.82 Å². The zero-order valence-corrected chi connectivity index (χ0v) is 10.1. The molecule has 0 radical (unpaired) electrons. The van der Waals surface area contributed by atoms with Gasteiger partial charge in [0.25, 0.3) is 0 Å². The molecule has 1 atom stereocenters. The average Bonchev–Trinajstić information content (AvgIpc) is 2.29. The number of aliphatic hydroxyl groups is 1. The summed E-state index contributed by atoms with van der Waals surface area (Å²) in [6.45, 7) is 1.98. The summed E-state index contributed by atoms with van der Waals surface area (Å²) in [5, 5.41) is 12.7. The minimum atomic E-state index is -0.342. The van der Waals surface area contributed by atoms with E-state index in [1.54, 1.807) is 6.07 Å². The van der Waals surface area contributed by atoms with E-state index in [4.69, 9.17) is 0 Å². The summed E-state index contributed by atoms with van der Waals surface area (Å²) in [7, 11) is 1.85. The van der Waals surface area contributed by atoms with Gasteiger partial charge in [0.1, 0.15) is 5.82 Å². The lowest BCUT2D eigenvalue weighted by Gasteiger charge is -2.33. The minimum absolute atomic E-state index is 0.202. The number of aliphatic hydroxyl groups excluding tert-OH is 1. The molecule has 1 aromatic carbocycles. The zero-order valence-electron chi connectivity index (χ0n) is 10.1. The molecule has 1 aromatic rings. The summed E-state index contributed by atoms with van der Waals surface area (Å²) in [5.74, 6) is -0.202. The van der Waals surface area contributed by atoms with Crippen molar-refractivity contribution in [3.63, 3.8) is 0 Å². The second-order valence-corrected chi connectivity index (χ2v) is 4.52. The normalized spacial score (nSPS) is 20.6.